The van der Waals surface area contributed by atoms with E-state index in [2.05, 4.69) is 92.9 Å². The molecule has 3 aromatic rings. The SMILES string of the molecule is CC(C)c1cc(C(C)C)c2c(c1)C(C)[N+](=Cc1ccccn1)c1ccccc1-2. The van der Waals surface area contributed by atoms with Gasteiger partial charge < -0.3 is 0 Å². The standard InChI is InChI=1S/C26H29N2/c1-17(2)20-14-23(18(3)4)26-22-11-6-7-12-25(22)28(19(5)24(26)15-20)16-21-10-8-9-13-27-21/h6-19H,1-5H3/q+1. The zero-order valence-corrected chi connectivity index (χ0v) is 17.5. The van der Waals surface area contributed by atoms with Gasteiger partial charge in [-0.25, -0.2) is 0 Å². The zero-order chi connectivity index (χ0) is 19.8. The Hall–Kier alpha value is -2.74. The molecule has 28 heavy (non-hydrogen) atoms. The molecule has 0 aliphatic carbocycles. The molecule has 1 unspecified atom stereocenters. The minimum Gasteiger partial charge on any atom is -0.251 e. The van der Waals surface area contributed by atoms with Crippen LogP contribution in [0.15, 0.2) is 60.8 Å². The maximum Gasteiger partial charge on any atom is 0.213 e. The van der Waals surface area contributed by atoms with Crippen molar-refractivity contribution in [2.24, 2.45) is 0 Å². The van der Waals surface area contributed by atoms with Crippen molar-refractivity contribution in [3.05, 3.63) is 83.2 Å². The maximum atomic E-state index is 4.53. The van der Waals surface area contributed by atoms with Gasteiger partial charge in [0.05, 0.1) is 5.56 Å². The van der Waals surface area contributed by atoms with Gasteiger partial charge in [0.2, 0.25) is 5.69 Å². The number of hydrogen-bond acceptors (Lipinski definition) is 1. The molecule has 0 saturated carbocycles. The minimum absolute atomic E-state index is 0.253. The van der Waals surface area contributed by atoms with Gasteiger partial charge in [0.1, 0.15) is 5.69 Å². The molecule has 1 atom stereocenters. The molecule has 0 bridgehead atoms. The van der Waals surface area contributed by atoms with Gasteiger partial charge in [0.15, 0.2) is 12.3 Å². The average Bonchev–Trinajstić information content (AvgIpc) is 2.70. The third-order valence-electron chi connectivity index (χ3n) is 5.79. The molecule has 2 aromatic carbocycles. The third kappa shape index (κ3) is 3.17. The lowest BCUT2D eigenvalue weighted by Crippen LogP contribution is -2.21. The molecular weight excluding hydrogens is 340 g/mol. The lowest BCUT2D eigenvalue weighted by atomic mass is 9.80. The van der Waals surface area contributed by atoms with Crippen LogP contribution in [0.1, 0.15) is 74.9 Å². The van der Waals surface area contributed by atoms with Gasteiger partial charge in [-0.1, -0.05) is 52.0 Å². The number of para-hydroxylation sites is 1. The predicted molar refractivity (Wildman–Crippen MR) is 118 cm³/mol. The first-order valence-electron chi connectivity index (χ1n) is 10.3. The number of pyridine rings is 1. The number of nitrogens with zero attached hydrogens (tertiary/aromatic N) is 2. The Morgan fingerprint density at radius 1 is 0.929 bits per heavy atom. The summed E-state index contributed by atoms with van der Waals surface area (Å²) in [5.41, 5.74) is 9.28. The Kier molecular flexibility index (Phi) is 4.89. The molecule has 2 heterocycles. The van der Waals surface area contributed by atoms with E-state index in [0.717, 1.165) is 5.69 Å². The van der Waals surface area contributed by atoms with Crippen molar-refractivity contribution in [1.29, 1.82) is 0 Å². The van der Waals surface area contributed by atoms with E-state index in [4.69, 9.17) is 0 Å². The smallest absolute Gasteiger partial charge is 0.213 e. The predicted octanol–water partition coefficient (Wildman–Crippen LogP) is 6.83. The number of hydrogen-bond donors (Lipinski definition) is 0. The van der Waals surface area contributed by atoms with E-state index in [1.807, 2.05) is 18.3 Å². The summed E-state index contributed by atoms with van der Waals surface area (Å²) in [6.07, 6.45) is 4.04. The van der Waals surface area contributed by atoms with Crippen LogP contribution in [0, 0.1) is 0 Å². The second-order valence-corrected chi connectivity index (χ2v) is 8.37. The van der Waals surface area contributed by atoms with Crippen molar-refractivity contribution in [1.82, 2.24) is 4.98 Å². The van der Waals surface area contributed by atoms with E-state index in [1.165, 1.54) is 33.5 Å². The van der Waals surface area contributed by atoms with Crippen molar-refractivity contribution in [2.45, 2.75) is 52.5 Å². The van der Waals surface area contributed by atoms with Crippen LogP contribution < -0.4 is 0 Å². The summed E-state index contributed by atoms with van der Waals surface area (Å²) in [5, 5.41) is 0. The number of fused-ring (bicyclic) bond motifs is 3. The van der Waals surface area contributed by atoms with Gasteiger partial charge in [-0.2, -0.15) is 4.58 Å². The first-order chi connectivity index (χ1) is 13.5. The molecule has 1 aromatic heterocycles. The zero-order valence-electron chi connectivity index (χ0n) is 17.5. The Labute approximate surface area is 168 Å². The summed E-state index contributed by atoms with van der Waals surface area (Å²) >= 11 is 0. The quantitative estimate of drug-likeness (QED) is 0.462. The molecule has 0 amide bonds. The molecule has 0 saturated heterocycles. The molecule has 0 N–H and O–H groups in total. The number of rotatable bonds is 3. The first kappa shape index (κ1) is 18.6. The van der Waals surface area contributed by atoms with E-state index in [1.54, 1.807) is 0 Å². The Morgan fingerprint density at radius 3 is 2.36 bits per heavy atom. The number of benzene rings is 2. The summed E-state index contributed by atoms with van der Waals surface area (Å²) in [7, 11) is 0. The molecular formula is C26H29N2+. The Morgan fingerprint density at radius 2 is 1.68 bits per heavy atom. The lowest BCUT2D eigenvalue weighted by Gasteiger charge is -2.28. The van der Waals surface area contributed by atoms with Gasteiger partial charge in [0.25, 0.3) is 0 Å². The molecule has 142 valence electrons. The monoisotopic (exact) mass is 369 g/mol. The first-order valence-corrected chi connectivity index (χ1v) is 10.3. The van der Waals surface area contributed by atoms with Crippen molar-refractivity contribution in [3.63, 3.8) is 0 Å². The molecule has 0 fully saturated rings. The van der Waals surface area contributed by atoms with Crippen molar-refractivity contribution in [2.75, 3.05) is 0 Å². The van der Waals surface area contributed by atoms with Gasteiger partial charge >= 0.3 is 0 Å². The van der Waals surface area contributed by atoms with Crippen LogP contribution in [0.4, 0.5) is 5.69 Å². The lowest BCUT2D eigenvalue weighted by molar-refractivity contribution is -0.483. The molecule has 4 rings (SSSR count). The fraction of sp³-hybridized carbons (Fsp3) is 0.308. The van der Waals surface area contributed by atoms with E-state index in [0.29, 0.717) is 11.8 Å². The van der Waals surface area contributed by atoms with Gasteiger partial charge in [-0.15, -0.1) is 0 Å². The van der Waals surface area contributed by atoms with Crippen LogP contribution in [0.2, 0.25) is 0 Å². The second kappa shape index (κ2) is 7.35. The fourth-order valence-corrected chi connectivity index (χ4v) is 4.19. The number of aromatic nitrogens is 1. The summed E-state index contributed by atoms with van der Waals surface area (Å²) < 4.78 is 2.38. The molecule has 1 aliphatic heterocycles. The van der Waals surface area contributed by atoms with Crippen LogP contribution >= 0.6 is 0 Å². The molecule has 0 spiro atoms. The normalized spacial score (nSPS) is 17.1. The topological polar surface area (TPSA) is 15.9 Å². The molecule has 0 radical (unpaired) electrons. The van der Waals surface area contributed by atoms with Crippen LogP contribution in [0.3, 0.4) is 0 Å². The Balaban J connectivity index is 2.02. The van der Waals surface area contributed by atoms with Crippen molar-refractivity contribution >= 4 is 11.9 Å². The van der Waals surface area contributed by atoms with E-state index in [-0.39, 0.29) is 6.04 Å². The average molecular weight is 370 g/mol. The molecule has 2 heteroatoms. The highest BCUT2D eigenvalue weighted by molar-refractivity contribution is 5.84. The second-order valence-electron chi connectivity index (χ2n) is 8.37. The highest BCUT2D eigenvalue weighted by Gasteiger charge is 2.35. The van der Waals surface area contributed by atoms with Crippen LogP contribution in [-0.4, -0.2) is 15.8 Å². The van der Waals surface area contributed by atoms with Crippen molar-refractivity contribution in [3.8, 4) is 11.1 Å². The summed E-state index contributed by atoms with van der Waals surface area (Å²) in [6.45, 7) is 11.5. The largest absolute Gasteiger partial charge is 0.251 e. The maximum absolute atomic E-state index is 4.53. The molecule has 2 nitrogen and oxygen atoms in total. The third-order valence-corrected chi connectivity index (χ3v) is 5.79. The van der Waals surface area contributed by atoms with Gasteiger partial charge in [-0.3, -0.25) is 4.98 Å². The highest BCUT2D eigenvalue weighted by Crippen LogP contribution is 2.47. The molecule has 1 aliphatic rings. The summed E-state index contributed by atoms with van der Waals surface area (Å²) in [6, 6.07) is 19.9. The van der Waals surface area contributed by atoms with Crippen molar-refractivity contribution < 1.29 is 4.58 Å². The van der Waals surface area contributed by atoms with Gasteiger partial charge in [0, 0.05) is 30.3 Å². The highest BCUT2D eigenvalue weighted by atomic mass is 15.1. The minimum atomic E-state index is 0.253. The van der Waals surface area contributed by atoms with Crippen LogP contribution in [0.25, 0.3) is 11.1 Å². The summed E-state index contributed by atoms with van der Waals surface area (Å²) in [5.74, 6) is 0.999. The van der Waals surface area contributed by atoms with E-state index >= 15 is 0 Å². The van der Waals surface area contributed by atoms with E-state index in [9.17, 15) is 0 Å². The van der Waals surface area contributed by atoms with Crippen LogP contribution in [-0.2, 0) is 0 Å². The fourth-order valence-electron chi connectivity index (χ4n) is 4.19. The Bertz CT molecular complexity index is 1030. The van der Waals surface area contributed by atoms with Gasteiger partial charge in [-0.05, 0) is 47.2 Å². The van der Waals surface area contributed by atoms with E-state index < -0.39 is 0 Å². The van der Waals surface area contributed by atoms with Crippen LogP contribution in [0.5, 0.6) is 0 Å². The summed E-state index contributed by atoms with van der Waals surface area (Å²) in [4.78, 5) is 4.53.